The van der Waals surface area contributed by atoms with E-state index in [1.165, 1.54) is 128 Å². The van der Waals surface area contributed by atoms with Crippen molar-refractivity contribution in [2.24, 2.45) is 5.73 Å². The van der Waals surface area contributed by atoms with Gasteiger partial charge in [0.05, 0.1) is 0 Å². The Morgan fingerprint density at radius 3 is 1.15 bits per heavy atom. The maximum atomic E-state index is 11.3. The van der Waals surface area contributed by atoms with Crippen LogP contribution in [0.25, 0.3) is 0 Å². The number of primary amides is 1. The predicted molar refractivity (Wildman–Crippen MR) is 182 cm³/mol. The lowest BCUT2D eigenvalue weighted by atomic mass is 10.0. The van der Waals surface area contributed by atoms with Crippen molar-refractivity contribution in [3.63, 3.8) is 0 Å². The highest BCUT2D eigenvalue weighted by atomic mass is 16.6. The Morgan fingerprint density at radius 1 is 0.488 bits per heavy atom. The van der Waals surface area contributed by atoms with Crippen molar-refractivity contribution in [1.29, 1.82) is 0 Å². The van der Waals surface area contributed by atoms with Crippen LogP contribution in [0.1, 0.15) is 181 Å². The number of carbonyl (C=O) groups is 1. The Morgan fingerprint density at radius 2 is 0.805 bits per heavy atom. The van der Waals surface area contributed by atoms with Gasteiger partial charge in [0.25, 0.3) is 0 Å². The maximum Gasteiger partial charge on any atom is 0.404 e. The molecule has 0 rings (SSSR count). The number of hydrogen-bond acceptors (Lipinski definition) is 2. The van der Waals surface area contributed by atoms with E-state index in [2.05, 4.69) is 62.5 Å². The van der Waals surface area contributed by atoms with Gasteiger partial charge in [-0.05, 0) is 89.9 Å². The summed E-state index contributed by atoms with van der Waals surface area (Å²) in [6.45, 7) is 4.51. The van der Waals surface area contributed by atoms with E-state index in [1.807, 2.05) is 0 Å². The van der Waals surface area contributed by atoms with Gasteiger partial charge in [0.1, 0.15) is 6.10 Å². The molecule has 0 aromatic heterocycles. The molecule has 0 saturated carbocycles. The Kier molecular flexibility index (Phi) is 32.9. The minimum Gasteiger partial charge on any atom is -0.446 e. The molecule has 41 heavy (non-hydrogen) atoms. The van der Waals surface area contributed by atoms with Crippen molar-refractivity contribution in [3.05, 3.63) is 48.6 Å². The minimum absolute atomic E-state index is 0.00385. The van der Waals surface area contributed by atoms with Gasteiger partial charge < -0.3 is 10.5 Å². The Balaban J connectivity index is 3.63. The number of amides is 1. The highest BCUT2D eigenvalue weighted by Crippen LogP contribution is 2.17. The van der Waals surface area contributed by atoms with Crippen molar-refractivity contribution in [3.8, 4) is 0 Å². The maximum absolute atomic E-state index is 11.3. The van der Waals surface area contributed by atoms with Gasteiger partial charge in [-0.25, -0.2) is 4.79 Å². The molecular formula is C38H69NO2. The fourth-order valence-corrected chi connectivity index (χ4v) is 5.15. The quantitative estimate of drug-likeness (QED) is 0.0664. The van der Waals surface area contributed by atoms with E-state index in [1.54, 1.807) is 0 Å². The molecule has 0 aliphatic heterocycles. The molecule has 0 saturated heterocycles. The second kappa shape index (κ2) is 34.4. The monoisotopic (exact) mass is 572 g/mol. The molecule has 0 aliphatic carbocycles. The van der Waals surface area contributed by atoms with E-state index in [-0.39, 0.29) is 6.10 Å². The zero-order valence-electron chi connectivity index (χ0n) is 27.5. The molecule has 0 fully saturated rings. The molecule has 0 aromatic carbocycles. The molecule has 0 spiro atoms. The molecule has 0 bridgehead atoms. The van der Waals surface area contributed by atoms with Crippen LogP contribution in [-0.4, -0.2) is 12.2 Å². The molecule has 1 amide bonds. The molecule has 0 radical (unpaired) electrons. The lowest BCUT2D eigenvalue weighted by Gasteiger charge is -2.16. The van der Waals surface area contributed by atoms with Crippen LogP contribution in [0.3, 0.4) is 0 Å². The van der Waals surface area contributed by atoms with Gasteiger partial charge in [-0.3, -0.25) is 0 Å². The fraction of sp³-hybridized carbons (Fsp3) is 0.763. The first-order valence-corrected chi connectivity index (χ1v) is 17.8. The molecule has 0 aromatic rings. The predicted octanol–water partition coefficient (Wildman–Crippen LogP) is 12.9. The fourth-order valence-electron chi connectivity index (χ4n) is 5.15. The van der Waals surface area contributed by atoms with Crippen LogP contribution in [0.15, 0.2) is 48.6 Å². The summed E-state index contributed by atoms with van der Waals surface area (Å²) in [4.78, 5) is 11.3. The van der Waals surface area contributed by atoms with Crippen LogP contribution >= 0.6 is 0 Å². The van der Waals surface area contributed by atoms with Crippen molar-refractivity contribution in [1.82, 2.24) is 0 Å². The molecule has 3 heteroatoms. The van der Waals surface area contributed by atoms with Crippen molar-refractivity contribution < 1.29 is 9.53 Å². The van der Waals surface area contributed by atoms with Crippen LogP contribution < -0.4 is 5.73 Å². The lowest BCUT2D eigenvalue weighted by molar-refractivity contribution is 0.0921. The standard InChI is InChI=1S/C38H69NO2/c1-3-5-7-9-11-13-15-17-19-21-23-25-27-29-31-33-35-37(41-38(39)40)36-34-32-30-28-26-24-22-20-18-16-14-12-10-8-6-4-2/h11-14,17-20,37H,3-10,15-16,21-36H2,1-2H3,(H2,39,40)/b13-11-,14-12-,19-17-,20-18-. The average Bonchev–Trinajstić information content (AvgIpc) is 2.96. The van der Waals surface area contributed by atoms with E-state index < -0.39 is 6.09 Å². The molecule has 0 heterocycles. The number of unbranched alkanes of at least 4 members (excludes halogenated alkanes) is 18. The molecule has 0 unspecified atom stereocenters. The molecule has 0 atom stereocenters. The van der Waals surface area contributed by atoms with Crippen molar-refractivity contribution in [2.75, 3.05) is 0 Å². The van der Waals surface area contributed by atoms with Crippen molar-refractivity contribution in [2.45, 2.75) is 187 Å². The highest BCUT2D eigenvalue weighted by Gasteiger charge is 2.12. The van der Waals surface area contributed by atoms with E-state index in [0.717, 1.165) is 38.5 Å². The zero-order valence-corrected chi connectivity index (χ0v) is 27.5. The summed E-state index contributed by atoms with van der Waals surface area (Å²) in [5.74, 6) is 0. The van der Waals surface area contributed by atoms with Gasteiger partial charge in [-0.2, -0.15) is 0 Å². The van der Waals surface area contributed by atoms with Gasteiger partial charge in [0.2, 0.25) is 0 Å². The molecule has 0 aliphatic rings. The van der Waals surface area contributed by atoms with Gasteiger partial charge in [0.15, 0.2) is 0 Å². The Hall–Kier alpha value is -1.77. The summed E-state index contributed by atoms with van der Waals surface area (Å²) in [5.41, 5.74) is 5.34. The van der Waals surface area contributed by atoms with E-state index in [9.17, 15) is 4.79 Å². The number of allylic oxidation sites excluding steroid dienone is 8. The topological polar surface area (TPSA) is 52.3 Å². The Bertz CT molecular complexity index is 601. The third-order valence-electron chi connectivity index (χ3n) is 7.74. The second-order valence-electron chi connectivity index (χ2n) is 11.8. The summed E-state index contributed by atoms with van der Waals surface area (Å²) in [5, 5.41) is 0. The number of rotatable bonds is 31. The first-order chi connectivity index (χ1) is 20.2. The third-order valence-corrected chi connectivity index (χ3v) is 7.74. The smallest absolute Gasteiger partial charge is 0.404 e. The molecule has 238 valence electrons. The van der Waals surface area contributed by atoms with Crippen LogP contribution in [0.5, 0.6) is 0 Å². The molecular weight excluding hydrogens is 502 g/mol. The van der Waals surface area contributed by atoms with Gasteiger partial charge >= 0.3 is 6.09 Å². The number of nitrogens with two attached hydrogens (primary N) is 1. The summed E-state index contributed by atoms with van der Waals surface area (Å²) in [6.07, 6.45) is 49.9. The molecule has 2 N–H and O–H groups in total. The third kappa shape index (κ3) is 34.3. The SMILES string of the molecule is CCCCC/C=C\C/C=C\CCCCCCCCC(CCCCCCCC/C=C\C/C=C\CCCCC)OC(N)=O. The molecule has 3 nitrogen and oxygen atoms in total. The average molecular weight is 572 g/mol. The highest BCUT2D eigenvalue weighted by molar-refractivity contribution is 5.64. The summed E-state index contributed by atoms with van der Waals surface area (Å²) in [6, 6.07) is 0. The van der Waals surface area contributed by atoms with Crippen LogP contribution in [-0.2, 0) is 4.74 Å². The first kappa shape index (κ1) is 39.2. The lowest BCUT2D eigenvalue weighted by Crippen LogP contribution is -2.22. The summed E-state index contributed by atoms with van der Waals surface area (Å²) in [7, 11) is 0. The zero-order chi connectivity index (χ0) is 29.9. The van der Waals surface area contributed by atoms with Crippen LogP contribution in [0, 0.1) is 0 Å². The van der Waals surface area contributed by atoms with E-state index in [4.69, 9.17) is 10.5 Å². The van der Waals surface area contributed by atoms with Crippen LogP contribution in [0.4, 0.5) is 4.79 Å². The summed E-state index contributed by atoms with van der Waals surface area (Å²) < 4.78 is 5.41. The van der Waals surface area contributed by atoms with Crippen LogP contribution in [0.2, 0.25) is 0 Å². The first-order valence-electron chi connectivity index (χ1n) is 17.8. The number of hydrogen-bond donors (Lipinski definition) is 1. The number of carbonyl (C=O) groups excluding carboxylic acids is 1. The Labute approximate surface area is 256 Å². The normalized spacial score (nSPS) is 12.3. The van der Waals surface area contributed by atoms with E-state index >= 15 is 0 Å². The van der Waals surface area contributed by atoms with Gasteiger partial charge in [-0.15, -0.1) is 0 Å². The van der Waals surface area contributed by atoms with Gasteiger partial charge in [0, 0.05) is 0 Å². The van der Waals surface area contributed by atoms with Crippen molar-refractivity contribution >= 4 is 6.09 Å². The van der Waals surface area contributed by atoms with E-state index in [0.29, 0.717) is 0 Å². The second-order valence-corrected chi connectivity index (χ2v) is 11.8. The largest absolute Gasteiger partial charge is 0.446 e. The summed E-state index contributed by atoms with van der Waals surface area (Å²) >= 11 is 0. The number of ether oxygens (including phenoxy) is 1. The minimum atomic E-state index is -0.616. The van der Waals surface area contributed by atoms with Gasteiger partial charge in [-0.1, -0.05) is 140 Å².